The normalized spacial score (nSPS) is 16.9. The highest BCUT2D eigenvalue weighted by Gasteiger charge is 2.29. The van der Waals surface area contributed by atoms with E-state index in [2.05, 4.69) is 9.97 Å². The summed E-state index contributed by atoms with van der Waals surface area (Å²) in [5, 5.41) is 0. The number of carbonyl (C=O) groups excluding carboxylic acids is 2. The van der Waals surface area contributed by atoms with Crippen LogP contribution in [0.4, 0.5) is 0 Å². The minimum atomic E-state index is -0.248. The minimum absolute atomic E-state index is 0.0757. The quantitative estimate of drug-likeness (QED) is 0.653. The highest BCUT2D eigenvalue weighted by atomic mass is 16.5. The number of carbonyl (C=O) groups is 2. The number of esters is 1. The summed E-state index contributed by atoms with van der Waals surface area (Å²) >= 11 is 0. The molecular formula is C21H22N4O3. The molecule has 7 nitrogen and oxygen atoms in total. The van der Waals surface area contributed by atoms with Gasteiger partial charge in [0, 0.05) is 30.5 Å². The van der Waals surface area contributed by atoms with Crippen LogP contribution >= 0.6 is 0 Å². The number of pyridine rings is 1. The van der Waals surface area contributed by atoms with Crippen LogP contribution in [-0.4, -0.2) is 51.0 Å². The van der Waals surface area contributed by atoms with Gasteiger partial charge in [0.05, 0.1) is 12.5 Å². The molecule has 144 valence electrons. The molecule has 0 saturated carbocycles. The summed E-state index contributed by atoms with van der Waals surface area (Å²) in [6.45, 7) is 3.20. The lowest BCUT2D eigenvalue weighted by molar-refractivity contribution is -0.149. The van der Waals surface area contributed by atoms with Crippen molar-refractivity contribution in [2.45, 2.75) is 19.8 Å². The summed E-state index contributed by atoms with van der Waals surface area (Å²) in [5.41, 5.74) is 2.95. The molecule has 3 heterocycles. The second-order valence-electron chi connectivity index (χ2n) is 6.85. The minimum Gasteiger partial charge on any atom is -0.466 e. The van der Waals surface area contributed by atoms with Gasteiger partial charge in [-0.1, -0.05) is 6.07 Å². The smallest absolute Gasteiger partial charge is 0.310 e. The molecule has 0 spiro atoms. The standard InChI is InChI=1S/C21H22N4O3/c1-2-28-21(27)16-7-5-11-24(13-16)20(26)15-6-3-8-17(12-15)25-14-23-18-9-4-10-22-19(18)25/h3-4,6,8-10,12,14,16H,2,5,7,11,13H2,1H3. The van der Waals surface area contributed by atoms with Gasteiger partial charge in [0.25, 0.3) is 5.91 Å². The molecule has 1 fully saturated rings. The van der Waals surface area contributed by atoms with E-state index in [1.54, 1.807) is 30.4 Å². The van der Waals surface area contributed by atoms with Crippen LogP contribution in [0.5, 0.6) is 0 Å². The number of aromatic nitrogens is 3. The number of hydrogen-bond donors (Lipinski definition) is 0. The lowest BCUT2D eigenvalue weighted by Crippen LogP contribution is -2.42. The molecule has 0 bridgehead atoms. The molecule has 1 aliphatic heterocycles. The second-order valence-corrected chi connectivity index (χ2v) is 6.85. The number of imidazole rings is 1. The molecule has 0 N–H and O–H groups in total. The predicted molar refractivity (Wildman–Crippen MR) is 104 cm³/mol. The molecule has 3 aromatic rings. The van der Waals surface area contributed by atoms with Crippen molar-refractivity contribution in [3.8, 4) is 5.69 Å². The van der Waals surface area contributed by atoms with Crippen LogP contribution in [-0.2, 0) is 9.53 Å². The van der Waals surface area contributed by atoms with Gasteiger partial charge in [-0.3, -0.25) is 14.2 Å². The number of hydrogen-bond acceptors (Lipinski definition) is 5. The fourth-order valence-corrected chi connectivity index (χ4v) is 3.62. The molecule has 7 heteroatoms. The zero-order valence-corrected chi connectivity index (χ0v) is 15.7. The summed E-state index contributed by atoms with van der Waals surface area (Å²) in [4.78, 5) is 35.6. The van der Waals surface area contributed by atoms with Crippen molar-refractivity contribution in [1.29, 1.82) is 0 Å². The highest BCUT2D eigenvalue weighted by Crippen LogP contribution is 2.22. The van der Waals surface area contributed by atoms with E-state index in [4.69, 9.17) is 4.74 Å². The van der Waals surface area contributed by atoms with Crippen molar-refractivity contribution in [3.05, 3.63) is 54.5 Å². The number of nitrogens with zero attached hydrogens (tertiary/aromatic N) is 4. The fraction of sp³-hybridized carbons (Fsp3) is 0.333. The van der Waals surface area contributed by atoms with E-state index in [1.807, 2.05) is 34.9 Å². The Balaban J connectivity index is 1.57. The van der Waals surface area contributed by atoms with E-state index in [1.165, 1.54) is 0 Å². The lowest BCUT2D eigenvalue weighted by atomic mass is 9.97. The maximum Gasteiger partial charge on any atom is 0.310 e. The van der Waals surface area contributed by atoms with Gasteiger partial charge in [0.2, 0.25) is 0 Å². The Morgan fingerprint density at radius 2 is 2.11 bits per heavy atom. The number of piperidine rings is 1. The number of ether oxygens (including phenoxy) is 1. The molecule has 2 aromatic heterocycles. The topological polar surface area (TPSA) is 77.3 Å². The summed E-state index contributed by atoms with van der Waals surface area (Å²) in [7, 11) is 0. The van der Waals surface area contributed by atoms with E-state index in [9.17, 15) is 9.59 Å². The van der Waals surface area contributed by atoms with Crippen molar-refractivity contribution >= 4 is 23.0 Å². The van der Waals surface area contributed by atoms with E-state index in [0.29, 0.717) is 25.3 Å². The maximum absolute atomic E-state index is 13.0. The van der Waals surface area contributed by atoms with Crippen molar-refractivity contribution in [3.63, 3.8) is 0 Å². The SMILES string of the molecule is CCOC(=O)C1CCCN(C(=O)c2cccc(-n3cnc4cccnc43)c2)C1. The van der Waals surface area contributed by atoms with Crippen LogP contribution in [0.2, 0.25) is 0 Å². The number of rotatable bonds is 4. The van der Waals surface area contributed by atoms with E-state index < -0.39 is 0 Å². The highest BCUT2D eigenvalue weighted by molar-refractivity contribution is 5.95. The Kier molecular flexibility index (Phi) is 5.06. The summed E-state index contributed by atoms with van der Waals surface area (Å²) < 4.78 is 6.99. The van der Waals surface area contributed by atoms with Crippen LogP contribution < -0.4 is 0 Å². The van der Waals surface area contributed by atoms with Gasteiger partial charge < -0.3 is 9.64 Å². The van der Waals surface area contributed by atoms with Gasteiger partial charge in [-0.15, -0.1) is 0 Å². The third-order valence-electron chi connectivity index (χ3n) is 5.01. The van der Waals surface area contributed by atoms with E-state index in [0.717, 1.165) is 29.7 Å². The summed E-state index contributed by atoms with van der Waals surface area (Å²) in [6, 6.07) is 11.2. The molecule has 0 radical (unpaired) electrons. The van der Waals surface area contributed by atoms with Crippen molar-refractivity contribution in [1.82, 2.24) is 19.4 Å². The molecular weight excluding hydrogens is 356 g/mol. The Morgan fingerprint density at radius 3 is 2.96 bits per heavy atom. The van der Waals surface area contributed by atoms with Crippen LogP contribution in [0.15, 0.2) is 48.9 Å². The first-order valence-electron chi connectivity index (χ1n) is 9.52. The second kappa shape index (κ2) is 7.80. The lowest BCUT2D eigenvalue weighted by Gasteiger charge is -2.31. The Morgan fingerprint density at radius 1 is 1.21 bits per heavy atom. The monoisotopic (exact) mass is 378 g/mol. The molecule has 0 aliphatic carbocycles. The number of likely N-dealkylation sites (tertiary alicyclic amines) is 1. The zero-order chi connectivity index (χ0) is 19.5. The predicted octanol–water partition coefficient (Wildman–Crippen LogP) is 2.84. The molecule has 1 unspecified atom stereocenters. The van der Waals surface area contributed by atoms with E-state index >= 15 is 0 Å². The maximum atomic E-state index is 13.0. The average Bonchev–Trinajstić information content (AvgIpc) is 3.18. The van der Waals surface area contributed by atoms with Crippen LogP contribution in [0.1, 0.15) is 30.1 Å². The Bertz CT molecular complexity index is 1010. The molecule has 4 rings (SSSR count). The number of fused-ring (bicyclic) bond motifs is 1. The van der Waals surface area contributed by atoms with E-state index in [-0.39, 0.29) is 17.8 Å². The van der Waals surface area contributed by atoms with Gasteiger partial charge in [0.1, 0.15) is 11.8 Å². The third kappa shape index (κ3) is 3.47. The average molecular weight is 378 g/mol. The van der Waals surface area contributed by atoms with Gasteiger partial charge in [-0.25, -0.2) is 9.97 Å². The van der Waals surface area contributed by atoms with Gasteiger partial charge >= 0.3 is 5.97 Å². The van der Waals surface area contributed by atoms with Crippen molar-refractivity contribution in [2.24, 2.45) is 5.92 Å². The first-order valence-corrected chi connectivity index (χ1v) is 9.52. The van der Waals surface area contributed by atoms with Gasteiger partial charge in [-0.05, 0) is 50.1 Å². The van der Waals surface area contributed by atoms with Gasteiger partial charge in [0.15, 0.2) is 5.65 Å². The molecule has 1 aromatic carbocycles. The molecule has 1 atom stereocenters. The van der Waals surface area contributed by atoms with Crippen molar-refractivity contribution in [2.75, 3.05) is 19.7 Å². The zero-order valence-electron chi connectivity index (χ0n) is 15.7. The van der Waals surface area contributed by atoms with Crippen LogP contribution in [0.3, 0.4) is 0 Å². The first kappa shape index (κ1) is 18.2. The summed E-state index contributed by atoms with van der Waals surface area (Å²) in [6.07, 6.45) is 4.98. The molecule has 1 saturated heterocycles. The van der Waals surface area contributed by atoms with Crippen molar-refractivity contribution < 1.29 is 14.3 Å². The number of amides is 1. The van der Waals surface area contributed by atoms with Crippen LogP contribution in [0.25, 0.3) is 16.9 Å². The first-order chi connectivity index (χ1) is 13.7. The third-order valence-corrected chi connectivity index (χ3v) is 5.01. The Hall–Kier alpha value is -3.22. The van der Waals surface area contributed by atoms with Crippen LogP contribution in [0, 0.1) is 5.92 Å². The fourth-order valence-electron chi connectivity index (χ4n) is 3.62. The number of benzene rings is 1. The molecule has 28 heavy (non-hydrogen) atoms. The molecule has 1 aliphatic rings. The van der Waals surface area contributed by atoms with Gasteiger partial charge in [-0.2, -0.15) is 0 Å². The summed E-state index contributed by atoms with van der Waals surface area (Å²) in [5.74, 6) is -0.541. The Labute approximate surface area is 163 Å². The largest absolute Gasteiger partial charge is 0.466 e. The molecule has 1 amide bonds.